The van der Waals surface area contributed by atoms with Gasteiger partial charge in [-0.25, -0.2) is 0 Å². The van der Waals surface area contributed by atoms with Gasteiger partial charge in [0.05, 0.1) is 0 Å². The summed E-state index contributed by atoms with van der Waals surface area (Å²) in [6.07, 6.45) is 1.96. The summed E-state index contributed by atoms with van der Waals surface area (Å²) >= 11 is 6.33. The Balaban J connectivity index is 1.62. The van der Waals surface area contributed by atoms with Crippen molar-refractivity contribution in [1.29, 1.82) is 0 Å². The van der Waals surface area contributed by atoms with Crippen molar-refractivity contribution in [2.75, 3.05) is 19.6 Å². The van der Waals surface area contributed by atoms with E-state index < -0.39 is 11.4 Å². The molecule has 1 aromatic rings. The number of benzene rings is 1. The van der Waals surface area contributed by atoms with Gasteiger partial charge in [0.25, 0.3) is 0 Å². The van der Waals surface area contributed by atoms with Crippen LogP contribution >= 0.6 is 11.6 Å². The van der Waals surface area contributed by atoms with E-state index in [1.54, 1.807) is 17.0 Å². The van der Waals surface area contributed by atoms with Crippen molar-refractivity contribution < 1.29 is 14.4 Å². The number of nitrogens with zero attached hydrogens (tertiary/aromatic N) is 2. The maximum atomic E-state index is 13.2. The number of rotatable bonds is 6. The number of halogens is 1. The summed E-state index contributed by atoms with van der Waals surface area (Å²) in [6, 6.07) is 8.43. The number of amides is 3. The maximum Gasteiger partial charge on any atom is 0.245 e. The lowest BCUT2D eigenvalue weighted by Gasteiger charge is -2.41. The van der Waals surface area contributed by atoms with Crippen molar-refractivity contribution in [2.24, 2.45) is 11.8 Å². The van der Waals surface area contributed by atoms with Gasteiger partial charge in [-0.2, -0.15) is 0 Å². The van der Waals surface area contributed by atoms with E-state index in [1.165, 1.54) is 0 Å². The second-order valence-corrected chi connectivity index (χ2v) is 8.88. The molecule has 2 fully saturated rings. The van der Waals surface area contributed by atoms with Crippen LogP contribution in [0.25, 0.3) is 0 Å². The Kier molecular flexibility index (Phi) is 6.83. The molecule has 0 bridgehead atoms. The first kappa shape index (κ1) is 21.6. The van der Waals surface area contributed by atoms with E-state index in [0.717, 1.165) is 12.8 Å². The van der Waals surface area contributed by atoms with Crippen LogP contribution in [-0.2, 0) is 14.4 Å². The number of nitrogens with one attached hydrogen (secondary N) is 1. The van der Waals surface area contributed by atoms with Crippen LogP contribution in [0.5, 0.6) is 0 Å². The lowest BCUT2D eigenvalue weighted by Crippen LogP contribution is -2.60. The minimum absolute atomic E-state index is 0.0191. The van der Waals surface area contributed by atoms with E-state index in [1.807, 2.05) is 43.9 Å². The average molecular weight is 420 g/mol. The summed E-state index contributed by atoms with van der Waals surface area (Å²) in [6.45, 7) is 7.31. The first-order valence-corrected chi connectivity index (χ1v) is 10.8. The molecular weight excluding hydrogens is 390 g/mol. The molecule has 29 heavy (non-hydrogen) atoms. The van der Waals surface area contributed by atoms with Crippen molar-refractivity contribution in [2.45, 2.75) is 51.1 Å². The van der Waals surface area contributed by atoms with Crippen molar-refractivity contribution in [3.8, 4) is 0 Å². The molecule has 0 spiro atoms. The van der Waals surface area contributed by atoms with Gasteiger partial charge in [-0.1, -0.05) is 44.2 Å². The predicted octanol–water partition coefficient (Wildman–Crippen LogP) is 2.58. The van der Waals surface area contributed by atoms with E-state index in [0.29, 0.717) is 25.2 Å². The summed E-state index contributed by atoms with van der Waals surface area (Å²) in [4.78, 5) is 41.9. The standard InChI is InChI=1S/C22H30ClN3O3/c1-14(2)19(24-20(27)18(23)16-7-5-4-6-8-16)22(29)25-11-12-26(15(3)13-25)21(28)17-9-10-17/h4-8,14-15,17-19H,9-13H2,1-3H3,(H,24,27). The molecule has 0 aromatic heterocycles. The molecule has 3 atom stereocenters. The minimum atomic E-state index is -0.850. The summed E-state index contributed by atoms with van der Waals surface area (Å²) in [5.74, 6) is -0.170. The Hall–Kier alpha value is -2.08. The van der Waals surface area contributed by atoms with E-state index in [9.17, 15) is 14.4 Å². The second kappa shape index (κ2) is 9.16. The van der Waals surface area contributed by atoms with E-state index in [4.69, 9.17) is 11.6 Å². The minimum Gasteiger partial charge on any atom is -0.342 e. The third-order valence-corrected chi connectivity index (χ3v) is 6.15. The Morgan fingerprint density at radius 1 is 1.10 bits per heavy atom. The fourth-order valence-corrected chi connectivity index (χ4v) is 3.97. The molecule has 3 amide bonds. The van der Waals surface area contributed by atoms with E-state index in [-0.39, 0.29) is 35.6 Å². The molecule has 0 radical (unpaired) electrons. The first-order chi connectivity index (χ1) is 13.8. The van der Waals surface area contributed by atoms with E-state index >= 15 is 0 Å². The van der Waals surface area contributed by atoms with Gasteiger partial charge in [0.2, 0.25) is 17.7 Å². The van der Waals surface area contributed by atoms with Gasteiger partial charge < -0.3 is 15.1 Å². The SMILES string of the molecule is CC(C)C(NC(=O)C(Cl)c1ccccc1)C(=O)N1CCN(C(=O)C2CC2)C(C)C1. The molecule has 1 aliphatic carbocycles. The number of alkyl halides is 1. The van der Waals surface area contributed by atoms with Crippen LogP contribution in [-0.4, -0.2) is 59.2 Å². The zero-order chi connectivity index (χ0) is 21.1. The number of hydrogen-bond donors (Lipinski definition) is 1. The van der Waals surface area contributed by atoms with Gasteiger partial charge in [0, 0.05) is 31.6 Å². The maximum absolute atomic E-state index is 13.2. The monoisotopic (exact) mass is 419 g/mol. The van der Waals surface area contributed by atoms with Crippen LogP contribution < -0.4 is 5.32 Å². The Morgan fingerprint density at radius 2 is 1.76 bits per heavy atom. The Labute approximate surface area is 177 Å². The summed E-state index contributed by atoms with van der Waals surface area (Å²) in [7, 11) is 0. The quantitative estimate of drug-likeness (QED) is 0.720. The second-order valence-electron chi connectivity index (χ2n) is 8.44. The predicted molar refractivity (Wildman–Crippen MR) is 112 cm³/mol. The van der Waals surface area contributed by atoms with Gasteiger partial charge in [0.15, 0.2) is 0 Å². The van der Waals surface area contributed by atoms with Crippen LogP contribution in [0.2, 0.25) is 0 Å². The average Bonchev–Trinajstić information content (AvgIpc) is 3.56. The number of hydrogen-bond acceptors (Lipinski definition) is 3. The van der Waals surface area contributed by atoms with Crippen molar-refractivity contribution in [3.05, 3.63) is 35.9 Å². The van der Waals surface area contributed by atoms with Gasteiger partial charge in [-0.15, -0.1) is 11.6 Å². The topological polar surface area (TPSA) is 69.7 Å². The normalized spacial score (nSPS) is 21.6. The molecular formula is C22H30ClN3O3. The largest absolute Gasteiger partial charge is 0.342 e. The van der Waals surface area contributed by atoms with Crippen LogP contribution in [0.3, 0.4) is 0 Å². The first-order valence-electron chi connectivity index (χ1n) is 10.4. The van der Waals surface area contributed by atoms with Gasteiger partial charge in [0.1, 0.15) is 11.4 Å². The van der Waals surface area contributed by atoms with Crippen molar-refractivity contribution in [1.82, 2.24) is 15.1 Å². The van der Waals surface area contributed by atoms with Crippen molar-refractivity contribution in [3.63, 3.8) is 0 Å². The highest BCUT2D eigenvalue weighted by Gasteiger charge is 2.39. The third kappa shape index (κ3) is 5.10. The van der Waals surface area contributed by atoms with Gasteiger partial charge in [-0.3, -0.25) is 14.4 Å². The van der Waals surface area contributed by atoms with Crippen LogP contribution in [0.4, 0.5) is 0 Å². The molecule has 1 saturated carbocycles. The molecule has 6 nitrogen and oxygen atoms in total. The molecule has 158 valence electrons. The molecule has 1 aromatic carbocycles. The summed E-state index contributed by atoms with van der Waals surface area (Å²) in [5, 5.41) is 2.00. The van der Waals surface area contributed by atoms with Crippen LogP contribution in [0.1, 0.15) is 44.6 Å². The molecule has 1 saturated heterocycles. The molecule has 3 rings (SSSR count). The highest BCUT2D eigenvalue weighted by atomic mass is 35.5. The number of carbonyl (C=O) groups is 3. The number of piperazine rings is 1. The molecule has 1 aliphatic heterocycles. The van der Waals surface area contributed by atoms with E-state index in [2.05, 4.69) is 5.32 Å². The fraction of sp³-hybridized carbons (Fsp3) is 0.591. The van der Waals surface area contributed by atoms with Crippen LogP contribution in [0, 0.1) is 11.8 Å². The molecule has 1 heterocycles. The zero-order valence-electron chi connectivity index (χ0n) is 17.3. The molecule has 2 aliphatic rings. The smallest absolute Gasteiger partial charge is 0.245 e. The third-order valence-electron chi connectivity index (χ3n) is 5.70. The highest BCUT2D eigenvalue weighted by molar-refractivity contribution is 6.30. The summed E-state index contributed by atoms with van der Waals surface area (Å²) in [5.41, 5.74) is 0.697. The molecule has 7 heteroatoms. The lowest BCUT2D eigenvalue weighted by atomic mass is 10.0. The van der Waals surface area contributed by atoms with Crippen molar-refractivity contribution >= 4 is 29.3 Å². The zero-order valence-corrected chi connectivity index (χ0v) is 18.1. The highest BCUT2D eigenvalue weighted by Crippen LogP contribution is 2.32. The lowest BCUT2D eigenvalue weighted by molar-refractivity contribution is -0.145. The van der Waals surface area contributed by atoms with Gasteiger partial charge in [-0.05, 0) is 31.2 Å². The Morgan fingerprint density at radius 3 is 2.31 bits per heavy atom. The molecule has 1 N–H and O–H groups in total. The Bertz CT molecular complexity index is 751. The van der Waals surface area contributed by atoms with Crippen LogP contribution in [0.15, 0.2) is 30.3 Å². The van der Waals surface area contributed by atoms with Gasteiger partial charge >= 0.3 is 0 Å². The molecule has 3 unspecified atom stereocenters. The number of carbonyl (C=O) groups excluding carboxylic acids is 3. The summed E-state index contributed by atoms with van der Waals surface area (Å²) < 4.78 is 0. The fourth-order valence-electron chi connectivity index (χ4n) is 3.76.